The zero-order valence-corrected chi connectivity index (χ0v) is 13.2. The second-order valence-corrected chi connectivity index (χ2v) is 8.35. The van der Waals surface area contributed by atoms with Crippen molar-refractivity contribution in [1.29, 1.82) is 0 Å². The topological polar surface area (TPSA) is 9.23 Å². The largest absolute Gasteiger partial charge is 0.553 e. The lowest BCUT2D eigenvalue weighted by Crippen LogP contribution is -2.18. The monoisotopic (exact) mass is 242 g/mol. The third kappa shape index (κ3) is 7.97. The van der Waals surface area contributed by atoms with E-state index >= 15 is 0 Å². The molecule has 2 heteroatoms. The summed E-state index contributed by atoms with van der Waals surface area (Å²) in [5.74, 6) is 0.645. The zero-order valence-electron chi connectivity index (χ0n) is 12.0. The number of allylic oxidation sites excluding steroid dienone is 1. The van der Waals surface area contributed by atoms with E-state index in [2.05, 4.69) is 46.9 Å². The van der Waals surface area contributed by atoms with Crippen LogP contribution in [0.5, 0.6) is 0 Å². The van der Waals surface area contributed by atoms with Crippen LogP contribution in [0.1, 0.15) is 53.4 Å². The minimum atomic E-state index is -0.903. The van der Waals surface area contributed by atoms with Crippen LogP contribution >= 0.6 is 0 Å². The molecule has 96 valence electrons. The van der Waals surface area contributed by atoms with E-state index in [4.69, 9.17) is 4.43 Å². The molecule has 0 aliphatic carbocycles. The Morgan fingerprint density at radius 2 is 1.81 bits per heavy atom. The van der Waals surface area contributed by atoms with Gasteiger partial charge in [0.2, 0.25) is 9.04 Å². The SMILES string of the molecule is CCCCCC(/C=C\O[SiH](C)C)C(C)(C)C. The summed E-state index contributed by atoms with van der Waals surface area (Å²) >= 11 is 0. The Labute approximate surface area is 104 Å². The Kier molecular flexibility index (Phi) is 7.82. The molecule has 0 rings (SSSR count). The average Bonchev–Trinajstić information content (AvgIpc) is 2.13. The van der Waals surface area contributed by atoms with Crippen molar-refractivity contribution in [3.63, 3.8) is 0 Å². The maximum Gasteiger partial charge on any atom is 0.228 e. The molecule has 1 unspecified atom stereocenters. The standard InChI is InChI=1S/C14H30OSi/c1-7-8-9-10-13(14(2,3)4)11-12-15-16(5)6/h11-13,16H,7-10H2,1-6H3/b12-11-. The number of unbranched alkanes of at least 4 members (excludes halogenated alkanes) is 2. The molecular weight excluding hydrogens is 212 g/mol. The highest BCUT2D eigenvalue weighted by atomic mass is 28.3. The fourth-order valence-corrected chi connectivity index (χ4v) is 2.13. The fourth-order valence-electron chi connectivity index (χ4n) is 1.73. The van der Waals surface area contributed by atoms with Crippen molar-refractivity contribution < 1.29 is 4.43 Å². The highest BCUT2D eigenvalue weighted by molar-refractivity contribution is 6.48. The van der Waals surface area contributed by atoms with Crippen LogP contribution in [0.25, 0.3) is 0 Å². The third-order valence-electron chi connectivity index (χ3n) is 2.89. The van der Waals surface area contributed by atoms with Crippen LogP contribution in [0.2, 0.25) is 13.1 Å². The molecule has 16 heavy (non-hydrogen) atoms. The van der Waals surface area contributed by atoms with Gasteiger partial charge >= 0.3 is 0 Å². The number of hydrogen-bond donors (Lipinski definition) is 0. The lowest BCUT2D eigenvalue weighted by molar-refractivity contribution is 0.268. The molecule has 1 atom stereocenters. The van der Waals surface area contributed by atoms with Crippen LogP contribution in [0, 0.1) is 11.3 Å². The van der Waals surface area contributed by atoms with Crippen LogP contribution in [0.4, 0.5) is 0 Å². The van der Waals surface area contributed by atoms with Crippen molar-refractivity contribution in [1.82, 2.24) is 0 Å². The van der Waals surface area contributed by atoms with E-state index in [0.717, 1.165) is 0 Å². The van der Waals surface area contributed by atoms with Gasteiger partial charge in [-0.2, -0.15) is 0 Å². The molecule has 0 heterocycles. The van der Waals surface area contributed by atoms with Gasteiger partial charge in [0.25, 0.3) is 0 Å². The highest BCUT2D eigenvalue weighted by Gasteiger charge is 2.21. The van der Waals surface area contributed by atoms with E-state index < -0.39 is 9.04 Å². The van der Waals surface area contributed by atoms with Crippen molar-refractivity contribution in [2.45, 2.75) is 66.5 Å². The Bertz CT molecular complexity index is 191. The molecule has 0 aromatic heterocycles. The van der Waals surface area contributed by atoms with E-state index in [1.807, 2.05) is 6.26 Å². The predicted molar refractivity (Wildman–Crippen MR) is 76.2 cm³/mol. The Balaban J connectivity index is 4.16. The van der Waals surface area contributed by atoms with Crippen molar-refractivity contribution in [2.75, 3.05) is 0 Å². The van der Waals surface area contributed by atoms with Crippen LogP contribution in [-0.4, -0.2) is 9.04 Å². The maximum atomic E-state index is 5.63. The van der Waals surface area contributed by atoms with Crippen molar-refractivity contribution in [3.05, 3.63) is 12.3 Å². The molecule has 0 amide bonds. The van der Waals surface area contributed by atoms with Gasteiger partial charge in [-0.05, 0) is 36.9 Å². The maximum absolute atomic E-state index is 5.63. The molecule has 1 nitrogen and oxygen atoms in total. The Morgan fingerprint density at radius 1 is 1.19 bits per heavy atom. The summed E-state index contributed by atoms with van der Waals surface area (Å²) < 4.78 is 5.63. The lowest BCUT2D eigenvalue weighted by Gasteiger charge is -2.28. The fraction of sp³-hybridized carbons (Fsp3) is 0.857. The van der Waals surface area contributed by atoms with Gasteiger partial charge in [-0.3, -0.25) is 0 Å². The number of rotatable bonds is 7. The van der Waals surface area contributed by atoms with Crippen molar-refractivity contribution in [3.8, 4) is 0 Å². The summed E-state index contributed by atoms with van der Waals surface area (Å²) in [4.78, 5) is 0. The van der Waals surface area contributed by atoms with Gasteiger partial charge in [-0.15, -0.1) is 0 Å². The smallest absolute Gasteiger partial charge is 0.228 e. The van der Waals surface area contributed by atoms with Gasteiger partial charge in [-0.25, -0.2) is 0 Å². The summed E-state index contributed by atoms with van der Waals surface area (Å²) in [6, 6.07) is 0. The molecule has 0 aromatic rings. The molecule has 0 bridgehead atoms. The van der Waals surface area contributed by atoms with Crippen LogP contribution in [0.3, 0.4) is 0 Å². The van der Waals surface area contributed by atoms with Gasteiger partial charge in [-0.1, -0.05) is 47.0 Å². The number of hydrogen-bond acceptors (Lipinski definition) is 1. The first-order chi connectivity index (χ1) is 7.38. The van der Waals surface area contributed by atoms with Crippen LogP contribution in [-0.2, 0) is 4.43 Å². The van der Waals surface area contributed by atoms with Gasteiger partial charge in [0.1, 0.15) is 0 Å². The van der Waals surface area contributed by atoms with Gasteiger partial charge < -0.3 is 4.43 Å². The molecule has 0 saturated heterocycles. The molecule has 0 aromatic carbocycles. The van der Waals surface area contributed by atoms with Crippen molar-refractivity contribution in [2.24, 2.45) is 11.3 Å². The lowest BCUT2D eigenvalue weighted by atomic mass is 9.78. The van der Waals surface area contributed by atoms with E-state index in [0.29, 0.717) is 11.3 Å². The van der Waals surface area contributed by atoms with Gasteiger partial charge in [0.05, 0.1) is 6.26 Å². The third-order valence-corrected chi connectivity index (χ3v) is 3.59. The first-order valence-corrected chi connectivity index (χ1v) is 9.48. The average molecular weight is 242 g/mol. The van der Waals surface area contributed by atoms with E-state index in [1.54, 1.807) is 0 Å². The van der Waals surface area contributed by atoms with Crippen molar-refractivity contribution >= 4 is 9.04 Å². The normalized spacial score (nSPS) is 14.7. The quantitative estimate of drug-likeness (QED) is 0.356. The first-order valence-electron chi connectivity index (χ1n) is 6.70. The van der Waals surface area contributed by atoms with Gasteiger partial charge in [0, 0.05) is 0 Å². The zero-order chi connectivity index (χ0) is 12.6. The molecule has 0 aliphatic heterocycles. The first kappa shape index (κ1) is 15.8. The molecule has 0 radical (unpaired) electrons. The molecule has 0 spiro atoms. The summed E-state index contributed by atoms with van der Waals surface area (Å²) in [5.41, 5.74) is 0.353. The minimum Gasteiger partial charge on any atom is -0.553 e. The molecule has 0 aliphatic rings. The van der Waals surface area contributed by atoms with Crippen LogP contribution in [0.15, 0.2) is 12.3 Å². The minimum absolute atomic E-state index is 0.353. The molecular formula is C14H30OSi. The van der Waals surface area contributed by atoms with Gasteiger partial charge in [0.15, 0.2) is 0 Å². The predicted octanol–water partition coefficient (Wildman–Crippen LogP) is 4.74. The summed E-state index contributed by atoms with van der Waals surface area (Å²) in [5, 5.41) is 0. The van der Waals surface area contributed by atoms with Crippen LogP contribution < -0.4 is 0 Å². The van der Waals surface area contributed by atoms with E-state index in [9.17, 15) is 0 Å². The summed E-state index contributed by atoms with van der Waals surface area (Å²) in [7, 11) is -0.903. The Morgan fingerprint density at radius 3 is 2.25 bits per heavy atom. The molecule has 0 saturated carbocycles. The molecule has 0 fully saturated rings. The van der Waals surface area contributed by atoms with E-state index in [-0.39, 0.29) is 0 Å². The second kappa shape index (κ2) is 7.94. The summed E-state index contributed by atoms with van der Waals surface area (Å²) in [6.07, 6.45) is 9.51. The summed E-state index contributed by atoms with van der Waals surface area (Å²) in [6.45, 7) is 13.6. The Hall–Kier alpha value is -0.243. The molecule has 0 N–H and O–H groups in total. The highest BCUT2D eigenvalue weighted by Crippen LogP contribution is 2.31. The van der Waals surface area contributed by atoms with E-state index in [1.165, 1.54) is 25.7 Å². The second-order valence-electron chi connectivity index (χ2n) is 5.98.